The van der Waals surface area contributed by atoms with Crippen molar-refractivity contribution < 1.29 is 0 Å². The van der Waals surface area contributed by atoms with Crippen LogP contribution in [0.1, 0.15) is 25.1 Å². The Bertz CT molecular complexity index is 977. The highest BCUT2D eigenvalue weighted by Crippen LogP contribution is 2.49. The van der Waals surface area contributed by atoms with E-state index < -0.39 is 0 Å². The fourth-order valence-corrected chi connectivity index (χ4v) is 3.92. The van der Waals surface area contributed by atoms with Crippen molar-refractivity contribution in [3.05, 3.63) is 60.0 Å². The molecule has 2 aromatic carbocycles. The fourth-order valence-electron chi connectivity index (χ4n) is 3.92. The van der Waals surface area contributed by atoms with E-state index in [1.807, 2.05) is 18.5 Å². The highest BCUT2D eigenvalue weighted by molar-refractivity contribution is 6.27. The molecule has 100 valence electrons. The van der Waals surface area contributed by atoms with Gasteiger partial charge in [0.2, 0.25) is 0 Å². The van der Waals surface area contributed by atoms with Crippen molar-refractivity contribution in [3.8, 4) is 0 Å². The number of aromatic nitrogens is 2. The lowest BCUT2D eigenvalue weighted by Crippen LogP contribution is -2.16. The zero-order valence-electron chi connectivity index (χ0n) is 12.0. The van der Waals surface area contributed by atoms with Crippen molar-refractivity contribution in [1.29, 1.82) is 0 Å². The van der Waals surface area contributed by atoms with Crippen LogP contribution in [-0.4, -0.2) is 9.97 Å². The Kier molecular flexibility index (Phi) is 1.81. The predicted molar refractivity (Wildman–Crippen MR) is 86.7 cm³/mol. The molecule has 2 heterocycles. The van der Waals surface area contributed by atoms with Gasteiger partial charge in [0.25, 0.3) is 0 Å². The van der Waals surface area contributed by atoms with Crippen LogP contribution in [0.4, 0.5) is 0 Å². The molecule has 2 nitrogen and oxygen atoms in total. The molecule has 0 spiro atoms. The first-order valence-electron chi connectivity index (χ1n) is 7.28. The van der Waals surface area contributed by atoms with E-state index in [9.17, 15) is 0 Å². The van der Waals surface area contributed by atoms with Crippen LogP contribution in [0.3, 0.4) is 0 Å². The summed E-state index contributed by atoms with van der Waals surface area (Å²) in [6.45, 7) is 4.53. The zero-order chi connectivity index (χ0) is 14.2. The smallest absolute Gasteiger partial charge is 0.0787 e. The second-order valence-electron chi connectivity index (χ2n) is 6.33. The Labute approximate surface area is 122 Å². The van der Waals surface area contributed by atoms with E-state index in [-0.39, 0.29) is 5.41 Å². The van der Waals surface area contributed by atoms with Gasteiger partial charge in [-0.05, 0) is 28.5 Å². The van der Waals surface area contributed by atoms with Crippen LogP contribution in [0.5, 0.6) is 0 Å². The number of rotatable bonds is 0. The minimum Gasteiger partial charge on any atom is -0.260 e. The predicted octanol–water partition coefficient (Wildman–Crippen LogP) is 4.58. The average Bonchev–Trinajstić information content (AvgIpc) is 2.76. The molecule has 1 aliphatic carbocycles. The molecule has 0 N–H and O–H groups in total. The molecule has 2 heteroatoms. The van der Waals surface area contributed by atoms with Crippen LogP contribution in [0.25, 0.3) is 32.4 Å². The first kappa shape index (κ1) is 11.2. The molecule has 5 rings (SSSR count). The largest absolute Gasteiger partial charge is 0.260 e. The van der Waals surface area contributed by atoms with Crippen molar-refractivity contribution in [2.24, 2.45) is 0 Å². The van der Waals surface area contributed by atoms with Crippen LogP contribution in [0.2, 0.25) is 0 Å². The molecule has 0 saturated heterocycles. The van der Waals surface area contributed by atoms with Gasteiger partial charge in [-0.3, -0.25) is 9.97 Å². The summed E-state index contributed by atoms with van der Waals surface area (Å²) in [6, 6.07) is 12.9. The molecule has 2 aromatic heterocycles. The topological polar surface area (TPSA) is 25.8 Å². The summed E-state index contributed by atoms with van der Waals surface area (Å²) in [6.07, 6.45) is 3.80. The highest BCUT2D eigenvalue weighted by Gasteiger charge is 2.35. The second kappa shape index (κ2) is 3.40. The maximum absolute atomic E-state index is 4.71. The van der Waals surface area contributed by atoms with Crippen LogP contribution < -0.4 is 0 Å². The third-order valence-electron chi connectivity index (χ3n) is 4.88. The molecule has 0 atom stereocenters. The van der Waals surface area contributed by atoms with Gasteiger partial charge in [0.05, 0.1) is 11.2 Å². The normalized spacial score (nSPS) is 15.5. The highest BCUT2D eigenvalue weighted by atomic mass is 14.7. The molecule has 0 bridgehead atoms. The minimum absolute atomic E-state index is 0.0429. The van der Waals surface area contributed by atoms with E-state index >= 15 is 0 Å². The molecule has 21 heavy (non-hydrogen) atoms. The molecule has 0 aliphatic heterocycles. The number of hydrogen-bond donors (Lipinski definition) is 0. The molecular formula is C19H14N2. The van der Waals surface area contributed by atoms with E-state index in [2.05, 4.69) is 49.2 Å². The van der Waals surface area contributed by atoms with Gasteiger partial charge in [0.15, 0.2) is 0 Å². The fraction of sp³-hybridized carbons (Fsp3) is 0.158. The number of pyridine rings is 2. The molecular weight excluding hydrogens is 256 g/mol. The Morgan fingerprint density at radius 1 is 0.762 bits per heavy atom. The molecule has 0 saturated carbocycles. The first-order valence-corrected chi connectivity index (χ1v) is 7.28. The summed E-state index contributed by atoms with van der Waals surface area (Å²) in [5, 5.41) is 6.40. The van der Waals surface area contributed by atoms with Gasteiger partial charge in [0, 0.05) is 34.0 Å². The Balaban J connectivity index is 2.26. The summed E-state index contributed by atoms with van der Waals surface area (Å²) in [7, 11) is 0. The maximum Gasteiger partial charge on any atom is 0.0787 e. The van der Waals surface area contributed by atoms with E-state index in [0.717, 1.165) is 5.52 Å². The maximum atomic E-state index is 4.71. The SMILES string of the molecule is CC1(C)c2cccc3c4cccnc4c4ccnc1c4c23. The Morgan fingerprint density at radius 2 is 1.62 bits per heavy atom. The van der Waals surface area contributed by atoms with Crippen LogP contribution >= 0.6 is 0 Å². The van der Waals surface area contributed by atoms with Crippen molar-refractivity contribution in [3.63, 3.8) is 0 Å². The summed E-state index contributed by atoms with van der Waals surface area (Å²) in [4.78, 5) is 9.35. The number of hydrogen-bond acceptors (Lipinski definition) is 2. The Hall–Kier alpha value is -2.48. The van der Waals surface area contributed by atoms with E-state index in [1.54, 1.807) is 0 Å². The summed E-state index contributed by atoms with van der Waals surface area (Å²) in [5.41, 5.74) is 3.60. The summed E-state index contributed by atoms with van der Waals surface area (Å²) < 4.78 is 0. The quantitative estimate of drug-likeness (QED) is 0.437. The van der Waals surface area contributed by atoms with Crippen LogP contribution in [-0.2, 0) is 5.41 Å². The molecule has 0 fully saturated rings. The average molecular weight is 270 g/mol. The van der Waals surface area contributed by atoms with Crippen molar-refractivity contribution in [2.45, 2.75) is 19.3 Å². The van der Waals surface area contributed by atoms with Crippen LogP contribution in [0, 0.1) is 0 Å². The summed E-state index contributed by atoms with van der Waals surface area (Å²) in [5.74, 6) is 0. The third kappa shape index (κ3) is 1.15. The van der Waals surface area contributed by atoms with E-state index in [1.165, 1.54) is 38.2 Å². The lowest BCUT2D eigenvalue weighted by Gasteiger charge is -2.20. The number of benzene rings is 2. The Morgan fingerprint density at radius 3 is 2.52 bits per heavy atom. The van der Waals surface area contributed by atoms with E-state index in [4.69, 9.17) is 4.98 Å². The van der Waals surface area contributed by atoms with Gasteiger partial charge in [-0.1, -0.05) is 38.1 Å². The van der Waals surface area contributed by atoms with Gasteiger partial charge < -0.3 is 0 Å². The molecule has 0 radical (unpaired) electrons. The second-order valence-corrected chi connectivity index (χ2v) is 6.33. The van der Waals surface area contributed by atoms with Crippen molar-refractivity contribution in [1.82, 2.24) is 9.97 Å². The van der Waals surface area contributed by atoms with Gasteiger partial charge in [0.1, 0.15) is 0 Å². The molecule has 4 aromatic rings. The molecule has 0 amide bonds. The van der Waals surface area contributed by atoms with Crippen LogP contribution in [0.15, 0.2) is 48.8 Å². The number of nitrogens with zero attached hydrogens (tertiary/aromatic N) is 2. The lowest BCUT2D eigenvalue weighted by molar-refractivity contribution is 0.639. The standard InChI is InChI=1S/C19H14N2/c1-19(2)14-7-3-5-11-12-6-4-9-20-17(12)13-8-10-21-18(19)16(13)15(11)14/h3-10H,1-2H3. The molecule has 1 aliphatic rings. The van der Waals surface area contributed by atoms with Gasteiger partial charge in [-0.2, -0.15) is 0 Å². The van der Waals surface area contributed by atoms with Crippen molar-refractivity contribution >= 4 is 32.4 Å². The lowest BCUT2D eigenvalue weighted by atomic mass is 9.84. The van der Waals surface area contributed by atoms with Gasteiger partial charge in [-0.25, -0.2) is 0 Å². The van der Waals surface area contributed by atoms with Gasteiger partial charge in [-0.15, -0.1) is 0 Å². The van der Waals surface area contributed by atoms with Crippen molar-refractivity contribution in [2.75, 3.05) is 0 Å². The monoisotopic (exact) mass is 270 g/mol. The zero-order valence-corrected chi connectivity index (χ0v) is 12.0. The summed E-state index contributed by atoms with van der Waals surface area (Å²) >= 11 is 0. The third-order valence-corrected chi connectivity index (χ3v) is 4.88. The minimum atomic E-state index is -0.0429. The molecule has 0 unspecified atom stereocenters. The number of fused-ring (bicyclic) bond motifs is 3. The van der Waals surface area contributed by atoms with E-state index in [0.29, 0.717) is 0 Å². The van der Waals surface area contributed by atoms with Gasteiger partial charge >= 0.3 is 0 Å². The first-order chi connectivity index (χ1) is 10.2.